The highest BCUT2D eigenvalue weighted by molar-refractivity contribution is 6.32. The van der Waals surface area contributed by atoms with E-state index in [9.17, 15) is 0 Å². The van der Waals surface area contributed by atoms with Crippen LogP contribution in [0, 0.1) is 5.92 Å². The molecule has 2 heterocycles. The van der Waals surface area contributed by atoms with E-state index < -0.39 is 0 Å². The van der Waals surface area contributed by atoms with Gasteiger partial charge >= 0.3 is 0 Å². The summed E-state index contributed by atoms with van der Waals surface area (Å²) in [7, 11) is 0. The van der Waals surface area contributed by atoms with Crippen LogP contribution in [0.5, 0.6) is 5.88 Å². The quantitative estimate of drug-likeness (QED) is 0.872. The lowest BCUT2D eigenvalue weighted by Crippen LogP contribution is -2.13. The first-order valence-corrected chi connectivity index (χ1v) is 5.73. The van der Waals surface area contributed by atoms with Crippen molar-refractivity contribution in [1.29, 1.82) is 0 Å². The molecule has 4 nitrogen and oxygen atoms in total. The summed E-state index contributed by atoms with van der Waals surface area (Å²) in [4.78, 5) is 4.10. The Morgan fingerprint density at radius 2 is 2.50 bits per heavy atom. The van der Waals surface area contributed by atoms with Gasteiger partial charge in [0.05, 0.1) is 13.2 Å². The Labute approximate surface area is 99.7 Å². The van der Waals surface area contributed by atoms with Crippen molar-refractivity contribution in [3.8, 4) is 5.88 Å². The third-order valence-corrected chi connectivity index (χ3v) is 3.04. The van der Waals surface area contributed by atoms with Crippen LogP contribution in [-0.4, -0.2) is 24.8 Å². The predicted molar refractivity (Wildman–Crippen MR) is 61.6 cm³/mol. The molecular formula is C11H15ClN2O2. The standard InChI is InChI=1S/C11H15ClN2O2/c12-10-9(5-13)1-3-14-11(10)16-7-8-2-4-15-6-8/h1,3,8H,2,4-7,13H2. The Morgan fingerprint density at radius 1 is 1.62 bits per heavy atom. The fourth-order valence-corrected chi connectivity index (χ4v) is 1.88. The van der Waals surface area contributed by atoms with E-state index in [-0.39, 0.29) is 0 Å². The van der Waals surface area contributed by atoms with Gasteiger partial charge in [-0.05, 0) is 18.1 Å². The van der Waals surface area contributed by atoms with Crippen molar-refractivity contribution < 1.29 is 9.47 Å². The minimum Gasteiger partial charge on any atom is -0.476 e. The molecule has 1 aliphatic rings. The van der Waals surface area contributed by atoms with Gasteiger partial charge in [0.15, 0.2) is 0 Å². The predicted octanol–water partition coefficient (Wildman–Crippen LogP) is 1.61. The highest BCUT2D eigenvalue weighted by Crippen LogP contribution is 2.26. The molecule has 1 atom stereocenters. The first-order chi connectivity index (χ1) is 7.81. The Kier molecular flexibility index (Phi) is 3.98. The molecule has 0 radical (unpaired) electrons. The molecule has 1 aromatic heterocycles. The fraction of sp³-hybridized carbons (Fsp3) is 0.545. The molecule has 1 saturated heterocycles. The van der Waals surface area contributed by atoms with Crippen LogP contribution in [0.3, 0.4) is 0 Å². The van der Waals surface area contributed by atoms with E-state index in [1.165, 1.54) is 0 Å². The lowest BCUT2D eigenvalue weighted by Gasteiger charge is -2.11. The number of ether oxygens (including phenoxy) is 2. The number of hydrogen-bond donors (Lipinski definition) is 1. The first kappa shape index (κ1) is 11.6. The molecule has 1 aromatic rings. The normalized spacial score (nSPS) is 20.0. The van der Waals surface area contributed by atoms with E-state index in [4.69, 9.17) is 26.8 Å². The molecule has 1 fully saturated rings. The van der Waals surface area contributed by atoms with E-state index in [0.29, 0.717) is 30.0 Å². The third-order valence-electron chi connectivity index (χ3n) is 2.64. The monoisotopic (exact) mass is 242 g/mol. The number of pyridine rings is 1. The van der Waals surface area contributed by atoms with Crippen LogP contribution in [0.1, 0.15) is 12.0 Å². The molecule has 0 aromatic carbocycles. The largest absolute Gasteiger partial charge is 0.476 e. The van der Waals surface area contributed by atoms with Gasteiger partial charge in [0.2, 0.25) is 5.88 Å². The summed E-state index contributed by atoms with van der Waals surface area (Å²) in [5, 5.41) is 0.518. The molecule has 16 heavy (non-hydrogen) atoms. The second-order valence-electron chi connectivity index (χ2n) is 3.83. The van der Waals surface area contributed by atoms with Gasteiger partial charge in [-0.25, -0.2) is 4.98 Å². The number of halogens is 1. The zero-order chi connectivity index (χ0) is 11.4. The highest BCUT2D eigenvalue weighted by atomic mass is 35.5. The molecule has 0 amide bonds. The Hall–Kier alpha value is -0.840. The SMILES string of the molecule is NCc1ccnc(OCC2CCOC2)c1Cl. The summed E-state index contributed by atoms with van der Waals surface area (Å²) in [6.45, 7) is 2.57. The van der Waals surface area contributed by atoms with Crippen molar-refractivity contribution in [3.63, 3.8) is 0 Å². The molecule has 1 unspecified atom stereocenters. The Balaban J connectivity index is 1.97. The van der Waals surface area contributed by atoms with Crippen molar-refractivity contribution in [2.75, 3.05) is 19.8 Å². The smallest absolute Gasteiger partial charge is 0.232 e. The van der Waals surface area contributed by atoms with Gasteiger partial charge in [0, 0.05) is 25.3 Å². The molecule has 2 N–H and O–H groups in total. The van der Waals surface area contributed by atoms with Gasteiger partial charge in [-0.1, -0.05) is 11.6 Å². The summed E-state index contributed by atoms with van der Waals surface area (Å²) in [6, 6.07) is 1.80. The van der Waals surface area contributed by atoms with Crippen molar-refractivity contribution in [1.82, 2.24) is 4.98 Å². The van der Waals surface area contributed by atoms with Crippen molar-refractivity contribution >= 4 is 11.6 Å². The average molecular weight is 243 g/mol. The number of hydrogen-bond acceptors (Lipinski definition) is 4. The number of nitrogens with zero attached hydrogens (tertiary/aromatic N) is 1. The van der Waals surface area contributed by atoms with Gasteiger partial charge < -0.3 is 15.2 Å². The molecule has 5 heteroatoms. The molecule has 0 spiro atoms. The third kappa shape index (κ3) is 2.64. The number of nitrogens with two attached hydrogens (primary N) is 1. The highest BCUT2D eigenvalue weighted by Gasteiger charge is 2.17. The second-order valence-corrected chi connectivity index (χ2v) is 4.21. The fourth-order valence-electron chi connectivity index (χ4n) is 1.63. The maximum Gasteiger partial charge on any atom is 0.232 e. The van der Waals surface area contributed by atoms with Gasteiger partial charge in [0.1, 0.15) is 5.02 Å². The summed E-state index contributed by atoms with van der Waals surface area (Å²) < 4.78 is 10.9. The van der Waals surface area contributed by atoms with Gasteiger partial charge in [-0.3, -0.25) is 0 Å². The minimum atomic E-state index is 0.393. The topological polar surface area (TPSA) is 57.4 Å². The maximum absolute atomic E-state index is 6.10. The van der Waals surface area contributed by atoms with Crippen LogP contribution in [0.4, 0.5) is 0 Å². The van der Waals surface area contributed by atoms with Crippen LogP contribution >= 0.6 is 11.6 Å². The molecule has 0 saturated carbocycles. The second kappa shape index (κ2) is 5.48. The van der Waals surface area contributed by atoms with Gasteiger partial charge in [-0.2, -0.15) is 0 Å². The zero-order valence-corrected chi connectivity index (χ0v) is 9.74. The zero-order valence-electron chi connectivity index (χ0n) is 8.99. The van der Waals surface area contributed by atoms with E-state index in [1.54, 1.807) is 12.3 Å². The lowest BCUT2D eigenvalue weighted by molar-refractivity contribution is 0.165. The van der Waals surface area contributed by atoms with Crippen molar-refractivity contribution in [2.24, 2.45) is 11.7 Å². The number of aromatic nitrogens is 1. The van der Waals surface area contributed by atoms with Crippen LogP contribution in [-0.2, 0) is 11.3 Å². The summed E-state index contributed by atoms with van der Waals surface area (Å²) in [5.74, 6) is 0.913. The summed E-state index contributed by atoms with van der Waals surface area (Å²) in [6.07, 6.45) is 2.70. The first-order valence-electron chi connectivity index (χ1n) is 5.35. The van der Waals surface area contributed by atoms with E-state index in [2.05, 4.69) is 4.98 Å². The summed E-state index contributed by atoms with van der Waals surface area (Å²) in [5.41, 5.74) is 6.41. The molecule has 0 aliphatic carbocycles. The Morgan fingerprint density at radius 3 is 3.19 bits per heavy atom. The Bertz CT molecular complexity index is 354. The van der Waals surface area contributed by atoms with Crippen molar-refractivity contribution in [3.05, 3.63) is 22.8 Å². The average Bonchev–Trinajstić information content (AvgIpc) is 2.81. The number of rotatable bonds is 4. The van der Waals surface area contributed by atoms with Crippen LogP contribution < -0.4 is 10.5 Å². The molecule has 0 bridgehead atoms. The van der Waals surface area contributed by atoms with Crippen LogP contribution in [0.15, 0.2) is 12.3 Å². The maximum atomic E-state index is 6.10. The molecular weight excluding hydrogens is 228 g/mol. The summed E-state index contributed by atoms with van der Waals surface area (Å²) >= 11 is 6.10. The van der Waals surface area contributed by atoms with Gasteiger partial charge in [-0.15, -0.1) is 0 Å². The molecule has 88 valence electrons. The minimum absolute atomic E-state index is 0.393. The van der Waals surface area contributed by atoms with Crippen LogP contribution in [0.2, 0.25) is 5.02 Å². The van der Waals surface area contributed by atoms with Gasteiger partial charge in [0.25, 0.3) is 0 Å². The van der Waals surface area contributed by atoms with E-state index in [0.717, 1.165) is 25.2 Å². The van der Waals surface area contributed by atoms with E-state index in [1.807, 2.05) is 0 Å². The lowest BCUT2D eigenvalue weighted by atomic mass is 10.1. The molecule has 2 rings (SSSR count). The van der Waals surface area contributed by atoms with Crippen molar-refractivity contribution in [2.45, 2.75) is 13.0 Å². The van der Waals surface area contributed by atoms with Crippen LogP contribution in [0.25, 0.3) is 0 Å². The van der Waals surface area contributed by atoms with E-state index >= 15 is 0 Å². The molecule has 1 aliphatic heterocycles.